The number of carbonyl (C=O) groups is 2. The number of carbonyl (C=O) groups excluding carboxylic acids is 2. The summed E-state index contributed by atoms with van der Waals surface area (Å²) in [6, 6.07) is 9.04. The number of aromatic nitrogens is 2. The fourth-order valence-electron chi connectivity index (χ4n) is 1.99. The summed E-state index contributed by atoms with van der Waals surface area (Å²) < 4.78 is 0. The molecule has 2 amide bonds. The van der Waals surface area contributed by atoms with Crippen LogP contribution in [0.3, 0.4) is 0 Å². The van der Waals surface area contributed by atoms with Crippen molar-refractivity contribution in [1.29, 1.82) is 0 Å². The number of hydrogen-bond acceptors (Lipinski definition) is 5. The summed E-state index contributed by atoms with van der Waals surface area (Å²) >= 11 is 1.36. The molecule has 0 spiro atoms. The van der Waals surface area contributed by atoms with Crippen LogP contribution in [0.4, 0.5) is 5.13 Å². The van der Waals surface area contributed by atoms with Crippen molar-refractivity contribution in [2.24, 2.45) is 0 Å². The maximum atomic E-state index is 12.2. The molecule has 116 valence electrons. The van der Waals surface area contributed by atoms with Crippen LogP contribution in [-0.4, -0.2) is 22.0 Å². The second kappa shape index (κ2) is 7.65. The molecule has 22 heavy (non-hydrogen) atoms. The van der Waals surface area contributed by atoms with Gasteiger partial charge in [-0.3, -0.25) is 9.59 Å². The predicted molar refractivity (Wildman–Crippen MR) is 85.5 cm³/mol. The van der Waals surface area contributed by atoms with Gasteiger partial charge in [0.25, 0.3) is 0 Å². The topological polar surface area (TPSA) is 84.0 Å². The first-order valence-electron chi connectivity index (χ1n) is 7.02. The zero-order chi connectivity index (χ0) is 15.9. The van der Waals surface area contributed by atoms with Gasteiger partial charge in [-0.1, -0.05) is 48.6 Å². The Bertz CT molecular complexity index is 642. The SMILES string of the molecule is CCc1nnc(NC(=O)CC(NC(C)=O)c2ccccc2)s1. The number of hydrogen-bond donors (Lipinski definition) is 2. The van der Waals surface area contributed by atoms with Crippen LogP contribution in [0.1, 0.15) is 36.9 Å². The average molecular weight is 318 g/mol. The van der Waals surface area contributed by atoms with E-state index in [1.807, 2.05) is 37.3 Å². The first kappa shape index (κ1) is 16.1. The predicted octanol–water partition coefficient (Wildman–Crippen LogP) is 2.31. The number of nitrogens with zero attached hydrogens (tertiary/aromatic N) is 2. The van der Waals surface area contributed by atoms with E-state index < -0.39 is 0 Å². The normalized spacial score (nSPS) is 11.7. The fraction of sp³-hybridized carbons (Fsp3) is 0.333. The van der Waals surface area contributed by atoms with Crippen molar-refractivity contribution in [2.45, 2.75) is 32.7 Å². The highest BCUT2D eigenvalue weighted by Gasteiger charge is 2.18. The van der Waals surface area contributed by atoms with Crippen LogP contribution in [0.25, 0.3) is 0 Å². The Labute approximate surface area is 133 Å². The Kier molecular flexibility index (Phi) is 5.60. The van der Waals surface area contributed by atoms with Gasteiger partial charge in [0.05, 0.1) is 12.5 Å². The molecule has 0 aliphatic rings. The molecule has 6 nitrogen and oxygen atoms in total. The van der Waals surface area contributed by atoms with Crippen LogP contribution >= 0.6 is 11.3 Å². The zero-order valence-electron chi connectivity index (χ0n) is 12.5. The van der Waals surface area contributed by atoms with E-state index in [2.05, 4.69) is 20.8 Å². The molecule has 1 atom stereocenters. The standard InChI is InChI=1S/C15H18N4O2S/c1-3-14-18-19-15(22-14)17-13(21)9-12(16-10(2)20)11-7-5-4-6-8-11/h4-8,12H,3,9H2,1-2H3,(H,16,20)(H,17,19,21). The van der Waals surface area contributed by atoms with Crippen molar-refractivity contribution in [3.05, 3.63) is 40.9 Å². The quantitative estimate of drug-likeness (QED) is 0.856. The van der Waals surface area contributed by atoms with Gasteiger partial charge in [0.1, 0.15) is 5.01 Å². The van der Waals surface area contributed by atoms with Gasteiger partial charge in [-0.15, -0.1) is 10.2 Å². The lowest BCUT2D eigenvalue weighted by Gasteiger charge is -2.17. The van der Waals surface area contributed by atoms with Crippen LogP contribution in [0.15, 0.2) is 30.3 Å². The number of amides is 2. The van der Waals surface area contributed by atoms with Crippen LogP contribution < -0.4 is 10.6 Å². The molecule has 0 aliphatic carbocycles. The molecule has 2 rings (SSSR count). The van der Waals surface area contributed by atoms with Gasteiger partial charge in [-0.2, -0.15) is 0 Å². The third kappa shape index (κ3) is 4.63. The van der Waals surface area contributed by atoms with Crippen LogP contribution in [0, 0.1) is 0 Å². The third-order valence-electron chi connectivity index (χ3n) is 2.98. The van der Waals surface area contributed by atoms with Gasteiger partial charge in [-0.25, -0.2) is 0 Å². The molecule has 0 saturated carbocycles. The van der Waals surface area contributed by atoms with Gasteiger partial charge < -0.3 is 10.6 Å². The van der Waals surface area contributed by atoms with Gasteiger partial charge in [0, 0.05) is 6.92 Å². The molecule has 1 heterocycles. The first-order valence-corrected chi connectivity index (χ1v) is 7.84. The zero-order valence-corrected chi connectivity index (χ0v) is 13.3. The minimum Gasteiger partial charge on any atom is -0.349 e. The molecule has 2 aromatic rings. The van der Waals surface area contributed by atoms with Crippen molar-refractivity contribution in [1.82, 2.24) is 15.5 Å². The van der Waals surface area contributed by atoms with Crippen LogP contribution in [0.5, 0.6) is 0 Å². The van der Waals surface area contributed by atoms with E-state index in [9.17, 15) is 9.59 Å². The van der Waals surface area contributed by atoms with E-state index >= 15 is 0 Å². The Morgan fingerprint density at radius 3 is 2.55 bits per heavy atom. The van der Waals surface area contributed by atoms with Crippen molar-refractivity contribution in [3.63, 3.8) is 0 Å². The Balaban J connectivity index is 2.03. The van der Waals surface area contributed by atoms with Gasteiger partial charge >= 0.3 is 0 Å². The van der Waals surface area contributed by atoms with Crippen molar-refractivity contribution >= 4 is 28.3 Å². The maximum absolute atomic E-state index is 12.2. The lowest BCUT2D eigenvalue weighted by atomic mass is 10.0. The van der Waals surface area contributed by atoms with E-state index in [0.717, 1.165) is 17.0 Å². The number of nitrogens with one attached hydrogen (secondary N) is 2. The summed E-state index contributed by atoms with van der Waals surface area (Å²) in [5, 5.41) is 14.8. The lowest BCUT2D eigenvalue weighted by Crippen LogP contribution is -2.29. The highest BCUT2D eigenvalue weighted by Crippen LogP contribution is 2.19. The average Bonchev–Trinajstić information content (AvgIpc) is 2.94. The molecule has 0 bridgehead atoms. The van der Waals surface area contributed by atoms with Crippen LogP contribution in [0.2, 0.25) is 0 Å². The number of aryl methyl sites for hydroxylation is 1. The Morgan fingerprint density at radius 1 is 1.23 bits per heavy atom. The van der Waals surface area contributed by atoms with E-state index in [-0.39, 0.29) is 24.3 Å². The largest absolute Gasteiger partial charge is 0.349 e. The summed E-state index contributed by atoms with van der Waals surface area (Å²) in [6.07, 6.45) is 0.927. The van der Waals surface area contributed by atoms with Gasteiger partial charge in [0.2, 0.25) is 16.9 Å². The molecule has 2 N–H and O–H groups in total. The summed E-state index contributed by atoms with van der Waals surface area (Å²) in [5.41, 5.74) is 0.888. The molecule has 7 heteroatoms. The van der Waals surface area contributed by atoms with Gasteiger partial charge in [-0.05, 0) is 12.0 Å². The highest BCUT2D eigenvalue weighted by molar-refractivity contribution is 7.15. The second-order valence-corrected chi connectivity index (χ2v) is 5.83. The highest BCUT2D eigenvalue weighted by atomic mass is 32.1. The molecule has 0 saturated heterocycles. The molecule has 0 aliphatic heterocycles. The fourth-order valence-corrected chi connectivity index (χ4v) is 2.68. The van der Waals surface area contributed by atoms with Crippen molar-refractivity contribution in [2.75, 3.05) is 5.32 Å². The van der Waals surface area contributed by atoms with Crippen LogP contribution in [-0.2, 0) is 16.0 Å². The molecular formula is C15H18N4O2S. The number of anilines is 1. The van der Waals surface area contributed by atoms with E-state index in [1.54, 1.807) is 0 Å². The molecule has 0 radical (unpaired) electrons. The minimum absolute atomic E-state index is 0.143. The summed E-state index contributed by atoms with van der Waals surface area (Å²) in [4.78, 5) is 23.5. The number of rotatable bonds is 6. The number of benzene rings is 1. The van der Waals surface area contributed by atoms with E-state index in [0.29, 0.717) is 5.13 Å². The summed E-state index contributed by atoms with van der Waals surface area (Å²) in [5.74, 6) is -0.382. The van der Waals surface area contributed by atoms with Gasteiger partial charge in [0.15, 0.2) is 0 Å². The van der Waals surface area contributed by atoms with Crippen molar-refractivity contribution in [3.8, 4) is 0 Å². The van der Waals surface area contributed by atoms with Crippen molar-refractivity contribution < 1.29 is 9.59 Å². The lowest BCUT2D eigenvalue weighted by molar-refractivity contribution is -0.120. The molecule has 1 aromatic carbocycles. The minimum atomic E-state index is -0.364. The summed E-state index contributed by atoms with van der Waals surface area (Å²) in [7, 11) is 0. The van der Waals surface area contributed by atoms with E-state index in [1.165, 1.54) is 18.3 Å². The maximum Gasteiger partial charge on any atom is 0.228 e. The Hall–Kier alpha value is -2.28. The molecule has 1 unspecified atom stereocenters. The Morgan fingerprint density at radius 2 is 1.95 bits per heavy atom. The molecular weight excluding hydrogens is 300 g/mol. The first-order chi connectivity index (χ1) is 10.6. The molecule has 1 aromatic heterocycles. The second-order valence-electron chi connectivity index (χ2n) is 4.77. The smallest absolute Gasteiger partial charge is 0.228 e. The monoisotopic (exact) mass is 318 g/mol. The van der Waals surface area contributed by atoms with E-state index in [4.69, 9.17) is 0 Å². The molecule has 0 fully saturated rings. The summed E-state index contributed by atoms with van der Waals surface area (Å²) in [6.45, 7) is 3.42. The third-order valence-corrected chi connectivity index (χ3v) is 3.97.